The largest absolute Gasteiger partial charge is 0.313 e. The minimum Gasteiger partial charge on any atom is -0.313 e. The molecule has 0 heterocycles. The van der Waals surface area contributed by atoms with Gasteiger partial charge in [-0.3, -0.25) is 0 Å². The van der Waals surface area contributed by atoms with Crippen molar-refractivity contribution in [2.45, 2.75) is 57.0 Å². The van der Waals surface area contributed by atoms with E-state index in [9.17, 15) is 8.42 Å². The minimum atomic E-state index is -3.41. The monoisotopic (exact) mass is 310 g/mol. The van der Waals surface area contributed by atoms with Crippen molar-refractivity contribution in [1.29, 1.82) is 0 Å². The fourth-order valence-corrected chi connectivity index (χ4v) is 4.27. The van der Waals surface area contributed by atoms with E-state index in [1.165, 1.54) is 6.42 Å². The molecule has 1 fully saturated rings. The molecule has 2 atom stereocenters. The van der Waals surface area contributed by atoms with Crippen molar-refractivity contribution in [3.05, 3.63) is 29.8 Å². The summed E-state index contributed by atoms with van der Waals surface area (Å²) in [6.45, 7) is 5.79. The smallest absolute Gasteiger partial charge is 0.240 e. The molecule has 0 saturated heterocycles. The van der Waals surface area contributed by atoms with Gasteiger partial charge in [-0.05, 0) is 43.0 Å². The van der Waals surface area contributed by atoms with Crippen molar-refractivity contribution in [3.8, 4) is 0 Å². The molecule has 4 nitrogen and oxygen atoms in total. The van der Waals surface area contributed by atoms with Crippen LogP contribution in [0.1, 0.15) is 45.1 Å². The summed E-state index contributed by atoms with van der Waals surface area (Å²) in [5.41, 5.74) is 0.997. The first kappa shape index (κ1) is 16.5. The van der Waals surface area contributed by atoms with Crippen molar-refractivity contribution in [1.82, 2.24) is 10.0 Å². The van der Waals surface area contributed by atoms with Crippen molar-refractivity contribution in [3.63, 3.8) is 0 Å². The summed E-state index contributed by atoms with van der Waals surface area (Å²) < 4.78 is 27.9. The Morgan fingerprint density at radius 3 is 2.81 bits per heavy atom. The van der Waals surface area contributed by atoms with Gasteiger partial charge in [0.1, 0.15) is 0 Å². The molecule has 0 aliphatic heterocycles. The first-order chi connectivity index (χ1) is 10.0. The molecule has 0 aromatic heterocycles. The normalized spacial score (nSPS) is 23.1. The highest BCUT2D eigenvalue weighted by atomic mass is 32.2. The third kappa shape index (κ3) is 4.80. The number of nitrogens with one attached hydrogen (secondary N) is 2. The van der Waals surface area contributed by atoms with Crippen LogP contribution in [0.5, 0.6) is 0 Å². The molecule has 0 amide bonds. The SMILES string of the molecule is CCNCc1cccc(S(=O)(=O)NC2CCCC(C)C2)c1. The van der Waals surface area contributed by atoms with Gasteiger partial charge in [-0.15, -0.1) is 0 Å². The van der Waals surface area contributed by atoms with Crippen molar-refractivity contribution in [2.24, 2.45) is 5.92 Å². The zero-order valence-corrected chi connectivity index (χ0v) is 13.7. The number of hydrogen-bond donors (Lipinski definition) is 2. The van der Waals surface area contributed by atoms with Crippen LogP contribution in [-0.4, -0.2) is 21.0 Å². The first-order valence-electron chi connectivity index (χ1n) is 7.83. The molecule has 21 heavy (non-hydrogen) atoms. The van der Waals surface area contributed by atoms with E-state index in [-0.39, 0.29) is 6.04 Å². The Kier molecular flexibility index (Phi) is 5.79. The Bertz CT molecular complexity index is 557. The van der Waals surface area contributed by atoms with Crippen molar-refractivity contribution < 1.29 is 8.42 Å². The highest BCUT2D eigenvalue weighted by Crippen LogP contribution is 2.25. The maximum absolute atomic E-state index is 12.5. The Balaban J connectivity index is 2.08. The van der Waals surface area contributed by atoms with Crippen LogP contribution in [0, 0.1) is 5.92 Å². The number of hydrogen-bond acceptors (Lipinski definition) is 3. The summed E-state index contributed by atoms with van der Waals surface area (Å²) in [6.07, 6.45) is 4.20. The second-order valence-electron chi connectivity index (χ2n) is 6.02. The van der Waals surface area contributed by atoms with Gasteiger partial charge in [-0.2, -0.15) is 0 Å². The van der Waals surface area contributed by atoms with Gasteiger partial charge in [-0.1, -0.05) is 38.8 Å². The summed E-state index contributed by atoms with van der Waals surface area (Å²) >= 11 is 0. The minimum absolute atomic E-state index is 0.0798. The fourth-order valence-electron chi connectivity index (χ4n) is 2.92. The zero-order valence-electron chi connectivity index (χ0n) is 12.9. The van der Waals surface area contributed by atoms with E-state index in [2.05, 4.69) is 17.0 Å². The number of benzene rings is 1. The van der Waals surface area contributed by atoms with Gasteiger partial charge in [-0.25, -0.2) is 13.1 Å². The lowest BCUT2D eigenvalue weighted by atomic mass is 9.88. The van der Waals surface area contributed by atoms with Gasteiger partial charge in [0, 0.05) is 12.6 Å². The Labute approximate surface area is 128 Å². The molecule has 1 saturated carbocycles. The van der Waals surface area contributed by atoms with E-state index in [1.54, 1.807) is 12.1 Å². The summed E-state index contributed by atoms with van der Waals surface area (Å²) in [4.78, 5) is 0.371. The van der Waals surface area contributed by atoms with Gasteiger partial charge >= 0.3 is 0 Å². The van der Waals surface area contributed by atoms with Crippen molar-refractivity contribution >= 4 is 10.0 Å². The van der Waals surface area contributed by atoms with E-state index in [4.69, 9.17) is 0 Å². The second kappa shape index (κ2) is 7.38. The molecule has 2 N–H and O–H groups in total. The molecule has 1 aliphatic carbocycles. The lowest BCUT2D eigenvalue weighted by Crippen LogP contribution is -2.37. The number of rotatable bonds is 6. The van der Waals surface area contributed by atoms with Crippen LogP contribution < -0.4 is 10.0 Å². The maximum atomic E-state index is 12.5. The molecule has 0 spiro atoms. The van der Waals surface area contributed by atoms with Gasteiger partial charge < -0.3 is 5.32 Å². The summed E-state index contributed by atoms with van der Waals surface area (Å²) in [6, 6.07) is 7.27. The third-order valence-corrected chi connectivity index (χ3v) is 5.56. The van der Waals surface area contributed by atoms with E-state index in [0.717, 1.165) is 31.4 Å². The molecule has 5 heteroatoms. The van der Waals surface area contributed by atoms with E-state index in [1.807, 2.05) is 19.1 Å². The Morgan fingerprint density at radius 2 is 2.10 bits per heavy atom. The summed E-state index contributed by atoms with van der Waals surface area (Å²) in [5, 5.41) is 3.22. The third-order valence-electron chi connectivity index (χ3n) is 4.05. The molecule has 1 aromatic carbocycles. The average Bonchev–Trinajstić information content (AvgIpc) is 2.45. The highest BCUT2D eigenvalue weighted by Gasteiger charge is 2.24. The maximum Gasteiger partial charge on any atom is 0.240 e. The predicted molar refractivity (Wildman–Crippen MR) is 85.6 cm³/mol. The van der Waals surface area contributed by atoms with Crippen LogP contribution in [-0.2, 0) is 16.6 Å². The second-order valence-corrected chi connectivity index (χ2v) is 7.73. The molecule has 2 rings (SSSR count). The van der Waals surface area contributed by atoms with Gasteiger partial charge in [0.15, 0.2) is 0 Å². The average molecular weight is 310 g/mol. The molecular formula is C16H26N2O2S. The van der Waals surface area contributed by atoms with E-state index < -0.39 is 10.0 Å². The fraction of sp³-hybridized carbons (Fsp3) is 0.625. The Morgan fingerprint density at radius 1 is 1.29 bits per heavy atom. The summed E-state index contributed by atoms with van der Waals surface area (Å²) in [5.74, 6) is 0.603. The number of sulfonamides is 1. The van der Waals surface area contributed by atoms with Crippen LogP contribution in [0.2, 0.25) is 0 Å². The van der Waals surface area contributed by atoms with Crippen LogP contribution in [0.25, 0.3) is 0 Å². The Hall–Kier alpha value is -0.910. The zero-order chi connectivity index (χ0) is 15.3. The molecule has 1 aliphatic rings. The highest BCUT2D eigenvalue weighted by molar-refractivity contribution is 7.89. The van der Waals surface area contributed by atoms with E-state index in [0.29, 0.717) is 17.4 Å². The molecule has 0 bridgehead atoms. The lowest BCUT2D eigenvalue weighted by Gasteiger charge is -2.27. The molecule has 0 radical (unpaired) electrons. The first-order valence-corrected chi connectivity index (χ1v) is 9.31. The molecule has 2 unspecified atom stereocenters. The van der Waals surface area contributed by atoms with Crippen LogP contribution in [0.15, 0.2) is 29.2 Å². The van der Waals surface area contributed by atoms with E-state index >= 15 is 0 Å². The predicted octanol–water partition coefficient (Wildman–Crippen LogP) is 2.65. The topological polar surface area (TPSA) is 58.2 Å². The van der Waals surface area contributed by atoms with Gasteiger partial charge in [0.2, 0.25) is 10.0 Å². The lowest BCUT2D eigenvalue weighted by molar-refractivity contribution is 0.327. The van der Waals surface area contributed by atoms with Crippen LogP contribution >= 0.6 is 0 Å². The quantitative estimate of drug-likeness (QED) is 0.849. The molecule has 118 valence electrons. The molecular weight excluding hydrogens is 284 g/mol. The van der Waals surface area contributed by atoms with Gasteiger partial charge in [0.05, 0.1) is 4.90 Å². The van der Waals surface area contributed by atoms with Crippen molar-refractivity contribution in [2.75, 3.05) is 6.54 Å². The summed E-state index contributed by atoms with van der Waals surface area (Å²) in [7, 11) is -3.41. The standard InChI is InChI=1S/C16H26N2O2S/c1-3-17-12-14-7-5-9-16(11-14)21(19,20)18-15-8-4-6-13(2)10-15/h5,7,9,11,13,15,17-18H,3-4,6,8,10,12H2,1-2H3. The van der Waals surface area contributed by atoms with Gasteiger partial charge in [0.25, 0.3) is 0 Å². The molecule has 1 aromatic rings. The van der Waals surface area contributed by atoms with Crippen LogP contribution in [0.3, 0.4) is 0 Å². The van der Waals surface area contributed by atoms with Crippen LogP contribution in [0.4, 0.5) is 0 Å².